The van der Waals surface area contributed by atoms with Gasteiger partial charge < -0.3 is 5.73 Å². The second kappa shape index (κ2) is 5.39. The number of halogens is 1. The highest BCUT2D eigenvalue weighted by atomic mass is 35.5. The van der Waals surface area contributed by atoms with Crippen molar-refractivity contribution in [3.8, 4) is 0 Å². The molecule has 0 saturated carbocycles. The Morgan fingerprint density at radius 2 is 2.11 bits per heavy atom. The smallest absolute Gasteiger partial charge is 0.145 e. The van der Waals surface area contributed by atoms with Crippen LogP contribution in [0, 0.1) is 5.92 Å². The van der Waals surface area contributed by atoms with E-state index in [4.69, 9.17) is 5.73 Å². The average Bonchev–Trinajstić information content (AvgIpc) is 2.81. The van der Waals surface area contributed by atoms with Crippen molar-refractivity contribution >= 4 is 18.2 Å². The van der Waals surface area contributed by atoms with Crippen molar-refractivity contribution in [2.75, 3.05) is 5.73 Å². The summed E-state index contributed by atoms with van der Waals surface area (Å²) in [6, 6.07) is 3.10. The molecule has 0 amide bonds. The number of fused-ring (bicyclic) bond motifs is 1. The number of hydrogen-bond donors (Lipinski definition) is 1. The third-order valence-corrected chi connectivity index (χ3v) is 4.12. The standard InChI is InChI=1S/C14H20N4.ClH/c1-10-7-11-5-3-4-6-13(11)18(10)9-12-8-14(15)16-17(12)2;/h3-6,8,10-11,13H,7,9H2,1-2H3,(H2,15,16);1H. The van der Waals surface area contributed by atoms with Gasteiger partial charge in [-0.2, -0.15) is 5.10 Å². The van der Waals surface area contributed by atoms with Gasteiger partial charge in [0.2, 0.25) is 0 Å². The summed E-state index contributed by atoms with van der Waals surface area (Å²) in [5, 5.41) is 4.22. The molecule has 104 valence electrons. The highest BCUT2D eigenvalue weighted by Crippen LogP contribution is 2.34. The zero-order valence-electron chi connectivity index (χ0n) is 11.4. The van der Waals surface area contributed by atoms with Crippen molar-refractivity contribution < 1.29 is 0 Å². The summed E-state index contributed by atoms with van der Waals surface area (Å²) in [6.45, 7) is 3.22. The lowest BCUT2D eigenvalue weighted by Crippen LogP contribution is -2.35. The predicted molar refractivity (Wildman–Crippen MR) is 80.0 cm³/mol. The molecule has 1 aliphatic heterocycles. The summed E-state index contributed by atoms with van der Waals surface area (Å²) in [5.74, 6) is 1.27. The fraction of sp³-hybridized carbons (Fsp3) is 0.500. The van der Waals surface area contributed by atoms with E-state index in [0.29, 0.717) is 23.8 Å². The lowest BCUT2D eigenvalue weighted by molar-refractivity contribution is 0.209. The maximum absolute atomic E-state index is 5.74. The van der Waals surface area contributed by atoms with E-state index in [2.05, 4.69) is 41.2 Å². The lowest BCUT2D eigenvalue weighted by Gasteiger charge is -2.28. The predicted octanol–water partition coefficient (Wildman–Crippen LogP) is 2.13. The molecule has 0 bridgehead atoms. The molecule has 3 rings (SSSR count). The first-order chi connectivity index (χ1) is 8.65. The van der Waals surface area contributed by atoms with E-state index < -0.39 is 0 Å². The molecule has 5 heteroatoms. The first kappa shape index (κ1) is 14.2. The molecule has 1 aliphatic carbocycles. The number of likely N-dealkylation sites (tertiary alicyclic amines) is 1. The molecule has 1 fully saturated rings. The Morgan fingerprint density at radius 1 is 1.37 bits per heavy atom. The van der Waals surface area contributed by atoms with Gasteiger partial charge in [0.25, 0.3) is 0 Å². The van der Waals surface area contributed by atoms with E-state index >= 15 is 0 Å². The minimum absolute atomic E-state index is 0. The Hall–Kier alpha value is -1.26. The molecule has 1 aromatic rings. The quantitative estimate of drug-likeness (QED) is 0.903. The van der Waals surface area contributed by atoms with Gasteiger partial charge in [-0.25, -0.2) is 0 Å². The number of nitrogens with zero attached hydrogens (tertiary/aromatic N) is 3. The van der Waals surface area contributed by atoms with Crippen LogP contribution in [-0.4, -0.2) is 26.8 Å². The van der Waals surface area contributed by atoms with E-state index in [-0.39, 0.29) is 12.4 Å². The van der Waals surface area contributed by atoms with E-state index in [9.17, 15) is 0 Å². The largest absolute Gasteiger partial charge is 0.382 e. The summed E-state index contributed by atoms with van der Waals surface area (Å²) in [6.07, 6.45) is 10.2. The van der Waals surface area contributed by atoms with Crippen LogP contribution in [0.2, 0.25) is 0 Å². The number of anilines is 1. The van der Waals surface area contributed by atoms with Gasteiger partial charge in [0.15, 0.2) is 0 Å². The van der Waals surface area contributed by atoms with E-state index in [1.807, 2.05) is 17.8 Å². The SMILES string of the molecule is CC1CC2C=CC=CC2N1Cc1cc(N)nn1C.Cl. The molecule has 0 spiro atoms. The fourth-order valence-electron chi connectivity index (χ4n) is 3.17. The van der Waals surface area contributed by atoms with Gasteiger partial charge in [-0.1, -0.05) is 24.3 Å². The number of nitrogen functional groups attached to an aromatic ring is 1. The summed E-state index contributed by atoms with van der Waals surface area (Å²) < 4.78 is 1.89. The van der Waals surface area contributed by atoms with Gasteiger partial charge in [0, 0.05) is 31.7 Å². The Kier molecular flexibility index (Phi) is 4.02. The minimum atomic E-state index is 0. The van der Waals surface area contributed by atoms with Crippen molar-refractivity contribution in [2.45, 2.75) is 32.0 Å². The molecule has 2 aliphatic rings. The van der Waals surface area contributed by atoms with Crippen LogP contribution in [0.5, 0.6) is 0 Å². The monoisotopic (exact) mass is 280 g/mol. The average molecular weight is 281 g/mol. The molecule has 2 N–H and O–H groups in total. The van der Waals surface area contributed by atoms with Gasteiger partial charge in [-0.15, -0.1) is 12.4 Å². The van der Waals surface area contributed by atoms with Crippen LogP contribution in [-0.2, 0) is 13.6 Å². The summed E-state index contributed by atoms with van der Waals surface area (Å²) >= 11 is 0. The molecule has 3 atom stereocenters. The van der Waals surface area contributed by atoms with Crippen molar-refractivity contribution in [1.82, 2.24) is 14.7 Å². The molecule has 3 unspecified atom stereocenters. The Labute approximate surface area is 120 Å². The maximum Gasteiger partial charge on any atom is 0.145 e. The molecule has 0 radical (unpaired) electrons. The number of aromatic nitrogens is 2. The molecule has 1 saturated heterocycles. The molecule has 4 nitrogen and oxygen atoms in total. The number of allylic oxidation sites excluding steroid dienone is 2. The second-order valence-electron chi connectivity index (χ2n) is 5.37. The van der Waals surface area contributed by atoms with Crippen molar-refractivity contribution in [3.63, 3.8) is 0 Å². The van der Waals surface area contributed by atoms with Gasteiger partial charge >= 0.3 is 0 Å². The second-order valence-corrected chi connectivity index (χ2v) is 5.37. The van der Waals surface area contributed by atoms with Gasteiger partial charge in [-0.3, -0.25) is 9.58 Å². The van der Waals surface area contributed by atoms with Crippen molar-refractivity contribution in [3.05, 3.63) is 36.1 Å². The Bertz CT molecular complexity index is 506. The van der Waals surface area contributed by atoms with Crippen molar-refractivity contribution in [2.24, 2.45) is 13.0 Å². The summed E-state index contributed by atoms with van der Waals surface area (Å²) in [5.41, 5.74) is 6.93. The van der Waals surface area contributed by atoms with Crippen LogP contribution in [0.15, 0.2) is 30.4 Å². The Morgan fingerprint density at radius 3 is 2.79 bits per heavy atom. The molecule has 19 heavy (non-hydrogen) atoms. The molecule has 1 aromatic heterocycles. The van der Waals surface area contributed by atoms with Gasteiger partial charge in [-0.05, 0) is 19.3 Å². The van der Waals surface area contributed by atoms with Gasteiger partial charge in [0.05, 0.1) is 5.69 Å². The van der Waals surface area contributed by atoms with Crippen LogP contribution in [0.1, 0.15) is 19.0 Å². The summed E-state index contributed by atoms with van der Waals surface area (Å²) in [7, 11) is 1.96. The van der Waals surface area contributed by atoms with Crippen LogP contribution in [0.25, 0.3) is 0 Å². The topological polar surface area (TPSA) is 47.1 Å². The number of hydrogen-bond acceptors (Lipinski definition) is 3. The van der Waals surface area contributed by atoms with Crippen molar-refractivity contribution in [1.29, 1.82) is 0 Å². The fourth-order valence-corrected chi connectivity index (χ4v) is 3.17. The normalized spacial score (nSPS) is 29.3. The van der Waals surface area contributed by atoms with Gasteiger partial charge in [0.1, 0.15) is 5.82 Å². The van der Waals surface area contributed by atoms with E-state index in [1.54, 1.807) is 0 Å². The number of nitrogens with two attached hydrogens (primary N) is 1. The molecular formula is C14H21ClN4. The van der Waals surface area contributed by atoms with Crippen LogP contribution in [0.4, 0.5) is 5.82 Å². The zero-order valence-corrected chi connectivity index (χ0v) is 12.2. The van der Waals surface area contributed by atoms with Crippen LogP contribution >= 0.6 is 12.4 Å². The number of aryl methyl sites for hydroxylation is 1. The number of rotatable bonds is 2. The van der Waals surface area contributed by atoms with Crippen LogP contribution < -0.4 is 5.73 Å². The van der Waals surface area contributed by atoms with E-state index in [1.165, 1.54) is 12.1 Å². The first-order valence-electron chi connectivity index (χ1n) is 6.54. The highest BCUT2D eigenvalue weighted by Gasteiger charge is 2.36. The highest BCUT2D eigenvalue weighted by molar-refractivity contribution is 5.85. The lowest BCUT2D eigenvalue weighted by atomic mass is 9.95. The third kappa shape index (κ3) is 2.55. The zero-order chi connectivity index (χ0) is 12.7. The molecule has 2 heterocycles. The molecule has 0 aromatic carbocycles. The maximum atomic E-state index is 5.74. The molecular weight excluding hydrogens is 260 g/mol. The van der Waals surface area contributed by atoms with E-state index in [0.717, 1.165) is 6.54 Å². The van der Waals surface area contributed by atoms with Crippen LogP contribution in [0.3, 0.4) is 0 Å². The minimum Gasteiger partial charge on any atom is -0.382 e. The Balaban J connectivity index is 0.00000133. The first-order valence-corrected chi connectivity index (χ1v) is 6.54. The summed E-state index contributed by atoms with van der Waals surface area (Å²) in [4.78, 5) is 2.54. The third-order valence-electron chi connectivity index (χ3n) is 4.12.